The molecule has 0 saturated carbocycles. The van der Waals surface area contributed by atoms with E-state index in [2.05, 4.69) is 4.98 Å². The second kappa shape index (κ2) is 4.09. The van der Waals surface area contributed by atoms with E-state index in [1.165, 1.54) is 0 Å². The van der Waals surface area contributed by atoms with Gasteiger partial charge in [0.25, 0.3) is 0 Å². The van der Waals surface area contributed by atoms with Crippen molar-refractivity contribution in [2.24, 2.45) is 0 Å². The quantitative estimate of drug-likeness (QED) is 0.771. The van der Waals surface area contributed by atoms with Crippen LogP contribution in [0.5, 0.6) is 0 Å². The Kier molecular flexibility index (Phi) is 2.80. The predicted octanol–water partition coefficient (Wildman–Crippen LogP) is 3.64. The van der Waals surface area contributed by atoms with Crippen molar-refractivity contribution in [1.29, 1.82) is 0 Å². The first-order valence-electron chi connectivity index (χ1n) is 4.34. The molecule has 0 fully saturated rings. The molecule has 0 radical (unpaired) electrons. The van der Waals surface area contributed by atoms with Crippen molar-refractivity contribution in [3.63, 3.8) is 0 Å². The van der Waals surface area contributed by atoms with Gasteiger partial charge in [-0.1, -0.05) is 35.3 Å². The maximum Gasteiger partial charge on any atom is 0.131 e. The molecule has 0 bridgehead atoms. The van der Waals surface area contributed by atoms with Gasteiger partial charge in [0.1, 0.15) is 5.15 Å². The molecule has 1 heterocycles. The summed E-state index contributed by atoms with van der Waals surface area (Å²) in [4.78, 5) is 4.18. The van der Waals surface area contributed by atoms with Crippen molar-refractivity contribution >= 4 is 28.9 Å². The SMILES string of the molecule is Nc1cc(Cl)nc(-c2ccc(Cl)cc2)c1. The van der Waals surface area contributed by atoms with E-state index in [9.17, 15) is 0 Å². The summed E-state index contributed by atoms with van der Waals surface area (Å²) in [5, 5.41) is 1.08. The first-order chi connectivity index (χ1) is 7.15. The van der Waals surface area contributed by atoms with Crippen molar-refractivity contribution in [2.45, 2.75) is 0 Å². The van der Waals surface area contributed by atoms with Gasteiger partial charge in [0.05, 0.1) is 5.69 Å². The third-order valence-corrected chi connectivity index (χ3v) is 2.40. The topological polar surface area (TPSA) is 38.9 Å². The lowest BCUT2D eigenvalue weighted by Gasteiger charge is -2.03. The average molecular weight is 239 g/mol. The number of anilines is 1. The number of aromatic nitrogens is 1. The first-order valence-corrected chi connectivity index (χ1v) is 5.10. The molecule has 0 aliphatic rings. The zero-order valence-electron chi connectivity index (χ0n) is 7.74. The Bertz CT molecular complexity index is 460. The van der Waals surface area contributed by atoms with Crippen molar-refractivity contribution in [1.82, 2.24) is 4.98 Å². The molecule has 2 nitrogen and oxygen atoms in total. The van der Waals surface area contributed by atoms with Gasteiger partial charge in [0, 0.05) is 16.3 Å². The fraction of sp³-hybridized carbons (Fsp3) is 0. The summed E-state index contributed by atoms with van der Waals surface area (Å²) < 4.78 is 0. The van der Waals surface area contributed by atoms with Crippen LogP contribution in [0.1, 0.15) is 0 Å². The summed E-state index contributed by atoms with van der Waals surface area (Å²) >= 11 is 11.6. The first kappa shape index (κ1) is 10.3. The van der Waals surface area contributed by atoms with Crippen LogP contribution >= 0.6 is 23.2 Å². The Hall–Kier alpha value is -1.25. The fourth-order valence-electron chi connectivity index (χ4n) is 1.29. The Morgan fingerprint density at radius 2 is 1.67 bits per heavy atom. The molecule has 2 rings (SSSR count). The lowest BCUT2D eigenvalue weighted by molar-refractivity contribution is 1.33. The molecule has 0 unspecified atom stereocenters. The minimum absolute atomic E-state index is 0.389. The molecule has 4 heteroatoms. The molecular formula is C11H8Cl2N2. The van der Waals surface area contributed by atoms with Crippen molar-refractivity contribution in [3.05, 3.63) is 46.6 Å². The lowest BCUT2D eigenvalue weighted by atomic mass is 10.1. The number of hydrogen-bond donors (Lipinski definition) is 1. The van der Waals surface area contributed by atoms with Crippen LogP contribution < -0.4 is 5.73 Å². The van der Waals surface area contributed by atoms with E-state index >= 15 is 0 Å². The van der Waals surface area contributed by atoms with E-state index in [4.69, 9.17) is 28.9 Å². The highest BCUT2D eigenvalue weighted by molar-refractivity contribution is 6.30. The third kappa shape index (κ3) is 2.41. The molecule has 0 aliphatic heterocycles. The largest absolute Gasteiger partial charge is 0.399 e. The molecule has 0 spiro atoms. The number of nitrogen functional groups attached to an aromatic ring is 1. The van der Waals surface area contributed by atoms with Gasteiger partial charge in [-0.25, -0.2) is 4.98 Å². The van der Waals surface area contributed by atoms with E-state index in [1.807, 2.05) is 12.1 Å². The standard InChI is InChI=1S/C11H8Cl2N2/c12-8-3-1-7(2-4-8)10-5-9(14)6-11(13)15-10/h1-6H,(H2,14,15). The summed E-state index contributed by atoms with van der Waals surface area (Å²) in [5.74, 6) is 0. The van der Waals surface area contributed by atoms with E-state index in [-0.39, 0.29) is 0 Å². The number of nitrogens with zero attached hydrogens (tertiary/aromatic N) is 1. The lowest BCUT2D eigenvalue weighted by Crippen LogP contribution is -1.89. The number of benzene rings is 1. The van der Waals surface area contributed by atoms with Crippen LogP contribution in [0.3, 0.4) is 0 Å². The predicted molar refractivity (Wildman–Crippen MR) is 64.1 cm³/mol. The number of rotatable bonds is 1. The van der Waals surface area contributed by atoms with Crippen LogP contribution in [0.2, 0.25) is 10.2 Å². The van der Waals surface area contributed by atoms with Gasteiger partial charge in [-0.2, -0.15) is 0 Å². The maximum atomic E-state index is 5.81. The molecule has 1 aromatic carbocycles. The highest BCUT2D eigenvalue weighted by atomic mass is 35.5. The summed E-state index contributed by atoms with van der Waals surface area (Å²) in [6, 6.07) is 10.7. The second-order valence-corrected chi connectivity index (χ2v) is 3.94. The molecule has 0 aliphatic carbocycles. The van der Waals surface area contributed by atoms with Gasteiger partial charge in [0.15, 0.2) is 0 Å². The molecule has 76 valence electrons. The number of nitrogens with two attached hydrogens (primary N) is 1. The van der Waals surface area contributed by atoms with E-state index in [0.717, 1.165) is 11.3 Å². The van der Waals surface area contributed by atoms with Crippen LogP contribution in [0, 0.1) is 0 Å². The summed E-state index contributed by atoms with van der Waals surface area (Å²) in [5.41, 5.74) is 7.96. The van der Waals surface area contributed by atoms with Crippen LogP contribution in [-0.4, -0.2) is 4.98 Å². The molecule has 0 saturated heterocycles. The van der Waals surface area contributed by atoms with Crippen LogP contribution in [0.15, 0.2) is 36.4 Å². The minimum atomic E-state index is 0.389. The normalized spacial score (nSPS) is 10.3. The number of pyridine rings is 1. The molecule has 0 atom stereocenters. The van der Waals surface area contributed by atoms with Crippen LogP contribution in [0.4, 0.5) is 5.69 Å². The highest BCUT2D eigenvalue weighted by Gasteiger charge is 2.02. The summed E-state index contributed by atoms with van der Waals surface area (Å²) in [7, 11) is 0. The van der Waals surface area contributed by atoms with Gasteiger partial charge in [-0.05, 0) is 24.3 Å². The average Bonchev–Trinajstić information content (AvgIpc) is 2.17. The van der Waals surface area contributed by atoms with Crippen LogP contribution in [-0.2, 0) is 0 Å². The van der Waals surface area contributed by atoms with Crippen molar-refractivity contribution < 1.29 is 0 Å². The molecule has 2 N–H and O–H groups in total. The Morgan fingerprint density at radius 1 is 1.00 bits per heavy atom. The molecule has 15 heavy (non-hydrogen) atoms. The number of halogens is 2. The van der Waals surface area contributed by atoms with Crippen LogP contribution in [0.25, 0.3) is 11.3 Å². The van der Waals surface area contributed by atoms with Gasteiger partial charge in [0.2, 0.25) is 0 Å². The summed E-state index contributed by atoms with van der Waals surface area (Å²) in [6.45, 7) is 0. The van der Waals surface area contributed by atoms with Gasteiger partial charge >= 0.3 is 0 Å². The fourth-order valence-corrected chi connectivity index (χ4v) is 1.63. The Balaban J connectivity index is 2.49. The van der Waals surface area contributed by atoms with Gasteiger partial charge in [-0.15, -0.1) is 0 Å². The van der Waals surface area contributed by atoms with E-state index in [1.54, 1.807) is 24.3 Å². The van der Waals surface area contributed by atoms with E-state index < -0.39 is 0 Å². The van der Waals surface area contributed by atoms with Crippen molar-refractivity contribution in [2.75, 3.05) is 5.73 Å². The Labute approximate surface area is 97.7 Å². The van der Waals surface area contributed by atoms with Gasteiger partial charge in [-0.3, -0.25) is 0 Å². The molecule has 1 aromatic heterocycles. The molecular weight excluding hydrogens is 231 g/mol. The maximum absolute atomic E-state index is 5.81. The van der Waals surface area contributed by atoms with Gasteiger partial charge < -0.3 is 5.73 Å². The zero-order valence-corrected chi connectivity index (χ0v) is 9.26. The zero-order chi connectivity index (χ0) is 10.8. The molecule has 2 aromatic rings. The highest BCUT2D eigenvalue weighted by Crippen LogP contribution is 2.23. The number of hydrogen-bond acceptors (Lipinski definition) is 2. The van der Waals surface area contributed by atoms with E-state index in [0.29, 0.717) is 15.9 Å². The smallest absolute Gasteiger partial charge is 0.131 e. The third-order valence-electron chi connectivity index (χ3n) is 1.96. The summed E-state index contributed by atoms with van der Waals surface area (Å²) in [6.07, 6.45) is 0. The minimum Gasteiger partial charge on any atom is -0.399 e. The van der Waals surface area contributed by atoms with Crippen molar-refractivity contribution in [3.8, 4) is 11.3 Å². The second-order valence-electron chi connectivity index (χ2n) is 3.12. The molecule has 0 amide bonds. The monoisotopic (exact) mass is 238 g/mol. The Morgan fingerprint density at radius 3 is 2.27 bits per heavy atom.